The second kappa shape index (κ2) is 8.37. The van der Waals surface area contributed by atoms with Crippen molar-refractivity contribution in [2.75, 3.05) is 0 Å². The van der Waals surface area contributed by atoms with Crippen LogP contribution in [0.15, 0.2) is 77.0 Å². The van der Waals surface area contributed by atoms with E-state index in [2.05, 4.69) is 5.32 Å². The molecule has 5 nitrogen and oxygen atoms in total. The molecule has 140 valence electrons. The molecule has 0 radical (unpaired) electrons. The van der Waals surface area contributed by atoms with Gasteiger partial charge in [0.2, 0.25) is 9.84 Å². The molecule has 0 aliphatic rings. The number of nitrogens with one attached hydrogen (secondary N) is 1. The zero-order valence-corrected chi connectivity index (χ0v) is 16.3. The smallest absolute Gasteiger partial charge is 0.408 e. The van der Waals surface area contributed by atoms with Crippen molar-refractivity contribution in [3.8, 4) is 0 Å². The highest BCUT2D eigenvalue weighted by atomic mass is 32.2. The van der Waals surface area contributed by atoms with Crippen LogP contribution in [0.1, 0.15) is 21.4 Å². The maximum Gasteiger partial charge on any atom is 0.408 e. The number of carbonyl (C=O) groups is 1. The summed E-state index contributed by atoms with van der Waals surface area (Å²) in [6, 6.07) is 19.2. The van der Waals surface area contributed by atoms with Crippen molar-refractivity contribution in [2.24, 2.45) is 0 Å². The minimum atomic E-state index is -3.82. The van der Waals surface area contributed by atoms with E-state index in [9.17, 15) is 13.2 Å². The molecule has 0 aliphatic heterocycles. The van der Waals surface area contributed by atoms with Gasteiger partial charge in [0.15, 0.2) is 5.37 Å². The van der Waals surface area contributed by atoms with Gasteiger partial charge in [-0.05, 0) is 36.1 Å². The molecular weight excluding hydrogens is 382 g/mol. The number of hydrogen-bond donors (Lipinski definition) is 1. The van der Waals surface area contributed by atoms with Gasteiger partial charge >= 0.3 is 6.09 Å². The lowest BCUT2D eigenvalue weighted by molar-refractivity contribution is 0.138. The average molecular weight is 402 g/mol. The topological polar surface area (TPSA) is 72.5 Å². The van der Waals surface area contributed by atoms with Crippen molar-refractivity contribution in [3.05, 3.63) is 88.1 Å². The Morgan fingerprint density at radius 1 is 1.04 bits per heavy atom. The van der Waals surface area contributed by atoms with Crippen LogP contribution in [-0.4, -0.2) is 14.5 Å². The SMILES string of the molecule is Cc1ccc(S(=O)(=O)C(NC(=O)OCc2ccccc2)c2cccs2)cc1. The molecule has 27 heavy (non-hydrogen) atoms. The number of aryl methyl sites for hydroxylation is 1. The van der Waals surface area contributed by atoms with Crippen LogP contribution in [0.4, 0.5) is 4.79 Å². The van der Waals surface area contributed by atoms with Gasteiger partial charge in [0.25, 0.3) is 0 Å². The fourth-order valence-corrected chi connectivity index (χ4v) is 5.10. The molecule has 3 rings (SSSR count). The van der Waals surface area contributed by atoms with Crippen molar-refractivity contribution >= 4 is 27.3 Å². The molecule has 1 unspecified atom stereocenters. The first-order valence-corrected chi connectivity index (χ1v) is 10.7. The summed E-state index contributed by atoms with van der Waals surface area (Å²) in [5.41, 5.74) is 1.78. The van der Waals surface area contributed by atoms with Crippen LogP contribution < -0.4 is 5.32 Å². The standard InChI is InChI=1S/C20H19NO4S2/c1-15-9-11-17(12-10-15)27(23,24)19(18-8-5-13-26-18)21-20(22)25-14-16-6-3-2-4-7-16/h2-13,19H,14H2,1H3,(H,21,22). The molecular formula is C20H19NO4S2. The summed E-state index contributed by atoms with van der Waals surface area (Å²) in [5.74, 6) is 0. The molecule has 7 heteroatoms. The van der Waals surface area contributed by atoms with E-state index >= 15 is 0 Å². The minimum absolute atomic E-state index is 0.0639. The zero-order chi connectivity index (χ0) is 19.3. The third-order valence-corrected chi connectivity index (χ3v) is 6.93. The fraction of sp³-hybridized carbons (Fsp3) is 0.150. The van der Waals surface area contributed by atoms with Crippen molar-refractivity contribution in [1.29, 1.82) is 0 Å². The van der Waals surface area contributed by atoms with Gasteiger partial charge < -0.3 is 4.74 Å². The van der Waals surface area contributed by atoms with E-state index in [0.29, 0.717) is 4.88 Å². The van der Waals surface area contributed by atoms with Crippen molar-refractivity contribution in [1.82, 2.24) is 5.32 Å². The maximum absolute atomic E-state index is 13.1. The van der Waals surface area contributed by atoms with Crippen LogP contribution in [0.5, 0.6) is 0 Å². The van der Waals surface area contributed by atoms with Crippen LogP contribution >= 0.6 is 11.3 Å². The molecule has 0 fully saturated rings. The van der Waals surface area contributed by atoms with E-state index in [1.54, 1.807) is 41.8 Å². The molecule has 0 saturated heterocycles. The summed E-state index contributed by atoms with van der Waals surface area (Å²) < 4.78 is 31.4. The normalized spacial score (nSPS) is 12.3. The van der Waals surface area contributed by atoms with Crippen LogP contribution in [0.25, 0.3) is 0 Å². The predicted octanol–water partition coefficient (Wildman–Crippen LogP) is 4.46. The van der Waals surface area contributed by atoms with E-state index in [0.717, 1.165) is 11.1 Å². The Morgan fingerprint density at radius 3 is 2.37 bits per heavy atom. The first kappa shape index (κ1) is 19.1. The second-order valence-electron chi connectivity index (χ2n) is 5.96. The third kappa shape index (κ3) is 4.75. The molecule has 1 atom stereocenters. The van der Waals surface area contributed by atoms with Gasteiger partial charge in [0.05, 0.1) is 4.90 Å². The molecule has 0 aliphatic carbocycles. The summed E-state index contributed by atoms with van der Waals surface area (Å²) in [6.07, 6.45) is -0.784. The van der Waals surface area contributed by atoms with E-state index in [-0.39, 0.29) is 11.5 Å². The van der Waals surface area contributed by atoms with Crippen LogP contribution in [0.3, 0.4) is 0 Å². The number of benzene rings is 2. The van der Waals surface area contributed by atoms with Gasteiger partial charge in [0, 0.05) is 4.88 Å². The number of sulfone groups is 1. The third-order valence-electron chi connectivity index (χ3n) is 3.92. The Kier molecular flexibility index (Phi) is 5.93. The van der Waals surface area contributed by atoms with Gasteiger partial charge in [-0.15, -0.1) is 11.3 Å². The van der Waals surface area contributed by atoms with E-state index in [1.807, 2.05) is 37.3 Å². The number of rotatable bonds is 6. The van der Waals surface area contributed by atoms with Gasteiger partial charge in [-0.25, -0.2) is 13.2 Å². The molecule has 2 aromatic carbocycles. The Hall–Kier alpha value is -2.64. The first-order chi connectivity index (χ1) is 13.0. The van der Waals surface area contributed by atoms with Gasteiger partial charge in [-0.2, -0.15) is 0 Å². The lowest BCUT2D eigenvalue weighted by Crippen LogP contribution is -2.33. The molecule has 0 bridgehead atoms. The molecule has 1 heterocycles. The molecule has 1 amide bonds. The molecule has 0 saturated carbocycles. The Labute approximate surface area is 162 Å². The molecule has 0 spiro atoms. The lowest BCUT2D eigenvalue weighted by Gasteiger charge is -2.18. The number of amides is 1. The largest absolute Gasteiger partial charge is 0.445 e. The Balaban J connectivity index is 1.80. The first-order valence-electron chi connectivity index (χ1n) is 8.28. The zero-order valence-electron chi connectivity index (χ0n) is 14.7. The number of carbonyl (C=O) groups excluding carboxylic acids is 1. The Morgan fingerprint density at radius 2 is 1.74 bits per heavy atom. The minimum Gasteiger partial charge on any atom is -0.445 e. The lowest BCUT2D eigenvalue weighted by atomic mass is 10.2. The average Bonchev–Trinajstić information content (AvgIpc) is 3.20. The summed E-state index contributed by atoms with van der Waals surface area (Å²) >= 11 is 1.26. The van der Waals surface area contributed by atoms with E-state index in [4.69, 9.17) is 4.74 Å². The van der Waals surface area contributed by atoms with Crippen LogP contribution in [-0.2, 0) is 21.2 Å². The quantitative estimate of drug-likeness (QED) is 0.662. The number of alkyl carbamates (subject to hydrolysis) is 1. The van der Waals surface area contributed by atoms with Gasteiger partial charge in [-0.3, -0.25) is 5.32 Å². The number of hydrogen-bond acceptors (Lipinski definition) is 5. The van der Waals surface area contributed by atoms with Crippen LogP contribution in [0, 0.1) is 6.92 Å². The summed E-state index contributed by atoms with van der Waals surface area (Å²) in [6.45, 7) is 1.95. The summed E-state index contributed by atoms with van der Waals surface area (Å²) in [7, 11) is -3.82. The Bertz CT molecular complexity index is 982. The predicted molar refractivity (Wildman–Crippen MR) is 105 cm³/mol. The number of thiophene rings is 1. The maximum atomic E-state index is 13.1. The monoisotopic (exact) mass is 401 g/mol. The van der Waals surface area contributed by atoms with E-state index in [1.165, 1.54) is 11.3 Å². The summed E-state index contributed by atoms with van der Waals surface area (Å²) in [5, 5.41) is 3.07. The molecule has 3 aromatic rings. The van der Waals surface area contributed by atoms with Crippen molar-refractivity contribution < 1.29 is 17.9 Å². The molecule has 1 aromatic heterocycles. The van der Waals surface area contributed by atoms with Gasteiger partial charge in [-0.1, -0.05) is 54.1 Å². The highest BCUT2D eigenvalue weighted by Crippen LogP contribution is 2.30. The van der Waals surface area contributed by atoms with Crippen molar-refractivity contribution in [3.63, 3.8) is 0 Å². The fourth-order valence-electron chi connectivity index (χ4n) is 2.48. The van der Waals surface area contributed by atoms with Crippen molar-refractivity contribution in [2.45, 2.75) is 23.8 Å². The highest BCUT2D eigenvalue weighted by molar-refractivity contribution is 7.91. The highest BCUT2D eigenvalue weighted by Gasteiger charge is 2.32. The molecule has 1 N–H and O–H groups in total. The van der Waals surface area contributed by atoms with Crippen LogP contribution in [0.2, 0.25) is 0 Å². The van der Waals surface area contributed by atoms with Gasteiger partial charge in [0.1, 0.15) is 6.61 Å². The number of ether oxygens (including phenoxy) is 1. The summed E-state index contributed by atoms with van der Waals surface area (Å²) in [4.78, 5) is 12.9. The second-order valence-corrected chi connectivity index (χ2v) is 8.97. The van der Waals surface area contributed by atoms with E-state index < -0.39 is 21.3 Å².